The van der Waals surface area contributed by atoms with Crippen LogP contribution in [0.3, 0.4) is 0 Å². The predicted molar refractivity (Wildman–Crippen MR) is 201 cm³/mol. The molecule has 0 amide bonds. The average Bonchev–Trinajstić information content (AvgIpc) is 3.81. The van der Waals surface area contributed by atoms with Crippen LogP contribution in [0.2, 0.25) is 0 Å². The van der Waals surface area contributed by atoms with Crippen LogP contribution in [0, 0.1) is 0 Å². The zero-order valence-corrected chi connectivity index (χ0v) is 24.6. The molecule has 1 aliphatic rings. The molecule has 1 aromatic heterocycles. The average molecular weight is 654 g/mol. The lowest BCUT2D eigenvalue weighted by Gasteiger charge is -2.12. The van der Waals surface area contributed by atoms with E-state index < -0.39 is 243 Å². The third kappa shape index (κ3) is 5.42. The molecular formula is C46H31N3. The van der Waals surface area contributed by atoms with E-state index in [0.717, 1.165) is 6.07 Å². The third-order valence-electron chi connectivity index (χ3n) is 7.46. The molecule has 0 atom stereocenters. The second-order valence-corrected chi connectivity index (χ2v) is 10.3. The van der Waals surface area contributed by atoms with Crippen molar-refractivity contribution in [1.82, 2.24) is 15.0 Å². The fourth-order valence-corrected chi connectivity index (χ4v) is 5.28. The molecule has 0 radical (unpaired) electrons. The van der Waals surface area contributed by atoms with Crippen molar-refractivity contribution in [2.24, 2.45) is 0 Å². The molecule has 0 saturated carbocycles. The number of nitrogens with zero attached hydrogens (tertiary/aromatic N) is 3. The van der Waals surface area contributed by atoms with Crippen molar-refractivity contribution >= 4 is 0 Å². The van der Waals surface area contributed by atoms with Gasteiger partial charge in [-0.25, -0.2) is 15.0 Å². The molecule has 8 aromatic rings. The summed E-state index contributed by atoms with van der Waals surface area (Å²) in [4.78, 5) is 12.9. The van der Waals surface area contributed by atoms with E-state index in [1.807, 2.05) is 0 Å². The normalized spacial score (nSPS) is 19.6. The van der Waals surface area contributed by atoms with E-state index >= 15 is 0 Å². The highest BCUT2D eigenvalue weighted by atomic mass is 15.0. The Morgan fingerprint density at radius 2 is 0.673 bits per heavy atom. The van der Waals surface area contributed by atoms with Gasteiger partial charge >= 0.3 is 0 Å². The minimum Gasteiger partial charge on any atom is -0.208 e. The van der Waals surface area contributed by atoms with Gasteiger partial charge in [0.05, 0.1) is 38.4 Å². The Balaban J connectivity index is 1.33. The Labute approximate surface area is 325 Å². The molecule has 3 heteroatoms. The molecule has 0 unspecified atom stereocenters. The lowest BCUT2D eigenvalue weighted by molar-refractivity contribution is 1.07. The topological polar surface area (TPSA) is 38.7 Å². The molecular weight excluding hydrogens is 595 g/mol. The van der Waals surface area contributed by atoms with Crippen LogP contribution in [0.25, 0.3) is 78.7 Å². The fraction of sp³-hybridized carbons (Fsp3) is 0.0217. The van der Waals surface area contributed by atoms with Gasteiger partial charge in [-0.2, -0.15) is 0 Å². The maximum Gasteiger partial charge on any atom is 0.164 e. The summed E-state index contributed by atoms with van der Waals surface area (Å²) in [5.41, 5.74) is -6.12. The third-order valence-corrected chi connectivity index (χ3v) is 7.46. The van der Waals surface area contributed by atoms with Gasteiger partial charge in [-0.1, -0.05) is 169 Å². The standard InChI is InChI=1S/C46H31N3/c1-4-13-31(14-5-1)32-25-27-33(28-26-32)38-21-11-23-40-41-24-12-22-39(43(41)30-42(38)40)36-19-10-20-37(29-36)46-48-44(34-15-6-2-7-16-34)47-45(49-46)35-17-8-3-9-18-35/h1-29H,30H2/i1D,2D,3D,4D,5D,6D,7D,8D,9D,10D,11D,12D,13D,14D,15D,16D,17D,18D,19D,20D,21D,22D,23D,24D,25D,26D,27D,28D. The highest BCUT2D eigenvalue weighted by Crippen LogP contribution is 2.45. The molecule has 9 rings (SSSR count). The second kappa shape index (κ2) is 12.3. The van der Waals surface area contributed by atoms with Crippen LogP contribution in [-0.4, -0.2) is 15.0 Å². The summed E-state index contributed by atoms with van der Waals surface area (Å²) in [6.45, 7) is 0. The maximum absolute atomic E-state index is 9.29. The molecule has 0 aliphatic heterocycles. The van der Waals surface area contributed by atoms with E-state index in [0.29, 0.717) is 0 Å². The van der Waals surface area contributed by atoms with Crippen molar-refractivity contribution in [2.45, 2.75) is 6.42 Å². The molecule has 0 spiro atoms. The largest absolute Gasteiger partial charge is 0.208 e. The lowest BCUT2D eigenvalue weighted by atomic mass is 9.94. The quantitative estimate of drug-likeness (QED) is 0.179. The van der Waals surface area contributed by atoms with Gasteiger partial charge in [0, 0.05) is 16.7 Å². The predicted octanol–water partition coefficient (Wildman–Crippen LogP) is 11.4. The Bertz CT molecular complexity index is 3860. The molecule has 1 heterocycles. The van der Waals surface area contributed by atoms with E-state index in [1.165, 1.54) is 0 Å². The highest BCUT2D eigenvalue weighted by molar-refractivity contribution is 5.90. The van der Waals surface area contributed by atoms with E-state index in [-0.39, 0.29) is 22.3 Å². The minimum absolute atomic E-state index is 0.149. The number of hydrogen-bond acceptors (Lipinski definition) is 3. The Kier molecular flexibility index (Phi) is 2.99. The van der Waals surface area contributed by atoms with E-state index in [1.54, 1.807) is 0 Å². The Morgan fingerprint density at radius 1 is 0.306 bits per heavy atom. The van der Waals surface area contributed by atoms with Crippen LogP contribution < -0.4 is 0 Å². The number of rotatable bonds is 6. The SMILES string of the molecule is [2H]c1c(-c2nc(-c3c([2H])c([2H])c([2H])c([2H])c3[2H])nc(-c3c([2H])c([2H])c([2H])c([2H])c3[2H])n2)cc(-c2c([2H])c([2H])c([2H])c3c2Cc2c(-c4c([2H])c([2H])c(-c5c([2H])c([2H])c([2H])c([2H])c5[2H])c([2H])c4[2H])c([2H])c([2H])c([2H])c2-3)c([2H])c1[2H]. The highest BCUT2D eigenvalue weighted by Gasteiger charge is 2.24. The monoisotopic (exact) mass is 653 g/mol. The minimum atomic E-state index is -0.916. The van der Waals surface area contributed by atoms with Crippen LogP contribution in [-0.2, 0) is 6.42 Å². The molecule has 0 bridgehead atoms. The summed E-state index contributed by atoms with van der Waals surface area (Å²) in [5, 5.41) is 0. The first kappa shape index (κ1) is 11.9. The summed E-state index contributed by atoms with van der Waals surface area (Å²) in [6, 6.07) is -22.4. The number of benzene rings is 7. The Morgan fingerprint density at radius 3 is 1.22 bits per heavy atom. The zero-order valence-electron chi connectivity index (χ0n) is 52.6. The lowest BCUT2D eigenvalue weighted by Crippen LogP contribution is -2.00. The summed E-state index contributed by atoms with van der Waals surface area (Å²) >= 11 is 0. The van der Waals surface area contributed by atoms with Gasteiger partial charge in [0.1, 0.15) is 0 Å². The molecule has 7 aromatic carbocycles. The van der Waals surface area contributed by atoms with E-state index in [9.17, 15) is 5.48 Å². The maximum atomic E-state index is 9.29. The number of fused-ring (bicyclic) bond motifs is 3. The first-order chi connectivity index (χ1) is 35.9. The first-order valence-electron chi connectivity index (χ1n) is 28.4. The van der Waals surface area contributed by atoms with E-state index in [4.69, 9.17) is 32.9 Å². The van der Waals surface area contributed by atoms with Crippen LogP contribution in [0.4, 0.5) is 0 Å². The summed E-state index contributed by atoms with van der Waals surface area (Å²) < 4.78 is 244. The van der Waals surface area contributed by atoms with E-state index in [2.05, 4.69) is 15.0 Å². The zero-order chi connectivity index (χ0) is 56.9. The van der Waals surface area contributed by atoms with Crippen molar-refractivity contribution in [3.05, 3.63) is 186 Å². The fourth-order valence-electron chi connectivity index (χ4n) is 5.28. The molecule has 3 nitrogen and oxygen atoms in total. The van der Waals surface area contributed by atoms with Crippen LogP contribution in [0.15, 0.2) is 175 Å². The van der Waals surface area contributed by atoms with Gasteiger partial charge in [-0.05, 0) is 68.1 Å². The molecule has 0 N–H and O–H groups in total. The summed E-state index contributed by atoms with van der Waals surface area (Å²) in [5.74, 6) is -2.16. The summed E-state index contributed by atoms with van der Waals surface area (Å²) in [6.07, 6.45) is -0.578. The first-order valence-corrected chi connectivity index (χ1v) is 14.4. The Hall–Kier alpha value is -6.45. The molecule has 1 aliphatic carbocycles. The summed E-state index contributed by atoms with van der Waals surface area (Å²) in [7, 11) is 0. The van der Waals surface area contributed by atoms with Crippen LogP contribution >= 0.6 is 0 Å². The van der Waals surface area contributed by atoms with Crippen LogP contribution in [0.5, 0.6) is 0 Å². The smallest absolute Gasteiger partial charge is 0.164 e. The van der Waals surface area contributed by atoms with Crippen molar-refractivity contribution < 1.29 is 38.4 Å². The van der Waals surface area contributed by atoms with Crippen LogP contribution in [0.1, 0.15) is 49.5 Å². The van der Waals surface area contributed by atoms with Gasteiger partial charge in [-0.15, -0.1) is 0 Å². The van der Waals surface area contributed by atoms with Gasteiger partial charge in [0.25, 0.3) is 0 Å². The van der Waals surface area contributed by atoms with Gasteiger partial charge in [0.15, 0.2) is 17.5 Å². The van der Waals surface area contributed by atoms with Crippen molar-refractivity contribution in [3.8, 4) is 78.7 Å². The molecule has 49 heavy (non-hydrogen) atoms. The van der Waals surface area contributed by atoms with Crippen molar-refractivity contribution in [2.75, 3.05) is 0 Å². The molecule has 230 valence electrons. The number of aromatic nitrogens is 3. The molecule has 0 fully saturated rings. The number of hydrogen-bond donors (Lipinski definition) is 0. The van der Waals surface area contributed by atoms with Crippen molar-refractivity contribution in [3.63, 3.8) is 0 Å². The van der Waals surface area contributed by atoms with Gasteiger partial charge in [0.2, 0.25) is 0 Å². The second-order valence-electron chi connectivity index (χ2n) is 10.3. The van der Waals surface area contributed by atoms with Gasteiger partial charge in [-0.3, -0.25) is 0 Å². The van der Waals surface area contributed by atoms with Gasteiger partial charge < -0.3 is 0 Å². The van der Waals surface area contributed by atoms with Crippen molar-refractivity contribution in [1.29, 1.82) is 0 Å². The molecule has 0 saturated heterocycles.